The van der Waals surface area contributed by atoms with Crippen molar-refractivity contribution in [1.82, 2.24) is 5.48 Å². The van der Waals surface area contributed by atoms with Crippen LogP contribution in [0.5, 0.6) is 0 Å². The first-order valence-corrected chi connectivity index (χ1v) is 3.38. The molecule has 3 nitrogen and oxygen atoms in total. The van der Waals surface area contributed by atoms with Crippen LogP contribution in [0.25, 0.3) is 0 Å². The molecule has 0 aromatic heterocycles. The van der Waals surface area contributed by atoms with Gasteiger partial charge in [0.15, 0.2) is 0 Å². The van der Waals surface area contributed by atoms with Gasteiger partial charge >= 0.3 is 0 Å². The Bertz CT molecular complexity index is 80.1. The van der Waals surface area contributed by atoms with E-state index in [1.165, 1.54) is 0 Å². The van der Waals surface area contributed by atoms with Gasteiger partial charge in [-0.05, 0) is 13.8 Å². The lowest BCUT2D eigenvalue weighted by molar-refractivity contribution is -0.00439. The van der Waals surface area contributed by atoms with E-state index in [9.17, 15) is 4.39 Å². The van der Waals surface area contributed by atoms with Crippen LogP contribution in [0, 0.1) is 0 Å². The number of rotatable bonds is 5. The molecular weight excluding hydrogens is 135 g/mol. The average Bonchev–Trinajstić information content (AvgIpc) is 1.87. The van der Waals surface area contributed by atoms with E-state index in [1.807, 2.05) is 13.8 Å². The van der Waals surface area contributed by atoms with E-state index in [0.717, 1.165) is 0 Å². The number of nitrogens with one attached hydrogen (secondary N) is 1. The number of hydroxylamine groups is 1. The second-order valence-corrected chi connectivity index (χ2v) is 2.42. The number of hydrogen-bond acceptors (Lipinski definition) is 3. The number of hydrogen-bond donors (Lipinski definition) is 2. The quantitative estimate of drug-likeness (QED) is 0.551. The summed E-state index contributed by atoms with van der Waals surface area (Å²) in [4.78, 5) is 4.74. The molecule has 0 radical (unpaired) electrons. The minimum atomic E-state index is -1.06. The topological polar surface area (TPSA) is 47.3 Å². The molecule has 0 aromatic rings. The van der Waals surface area contributed by atoms with Crippen molar-refractivity contribution < 1.29 is 9.23 Å². The molecular formula is C6H15FN2O. The minimum absolute atomic E-state index is 0.0137. The van der Waals surface area contributed by atoms with Crippen LogP contribution in [0.2, 0.25) is 0 Å². The summed E-state index contributed by atoms with van der Waals surface area (Å²) >= 11 is 0. The Labute approximate surface area is 60.7 Å². The number of nitrogens with two attached hydrogens (primary N) is 1. The molecule has 10 heavy (non-hydrogen) atoms. The summed E-state index contributed by atoms with van der Waals surface area (Å²) in [5, 5.41) is 0. The van der Waals surface area contributed by atoms with Crippen LogP contribution in [0.3, 0.4) is 0 Å². The zero-order valence-corrected chi connectivity index (χ0v) is 6.43. The maximum atomic E-state index is 12.3. The SMILES string of the molecule is CC(C)NOCC(F)CN. The molecule has 62 valence electrons. The van der Waals surface area contributed by atoms with Gasteiger partial charge in [0, 0.05) is 12.6 Å². The third-order valence-corrected chi connectivity index (χ3v) is 0.839. The highest BCUT2D eigenvalue weighted by Gasteiger charge is 2.02. The first kappa shape index (κ1) is 9.81. The Morgan fingerprint density at radius 1 is 1.60 bits per heavy atom. The minimum Gasteiger partial charge on any atom is -0.328 e. The molecule has 0 fully saturated rings. The lowest BCUT2D eigenvalue weighted by Crippen LogP contribution is -2.29. The molecule has 0 saturated heterocycles. The zero-order chi connectivity index (χ0) is 7.98. The largest absolute Gasteiger partial charge is 0.328 e. The normalized spacial score (nSPS) is 14.1. The number of halogens is 1. The van der Waals surface area contributed by atoms with E-state index in [0.29, 0.717) is 0 Å². The van der Waals surface area contributed by atoms with E-state index < -0.39 is 6.17 Å². The monoisotopic (exact) mass is 150 g/mol. The highest BCUT2D eigenvalue weighted by molar-refractivity contribution is 4.52. The fourth-order valence-corrected chi connectivity index (χ4v) is 0.373. The van der Waals surface area contributed by atoms with Crippen molar-refractivity contribution in [1.29, 1.82) is 0 Å². The second-order valence-electron chi connectivity index (χ2n) is 2.42. The molecule has 4 heteroatoms. The van der Waals surface area contributed by atoms with Crippen molar-refractivity contribution >= 4 is 0 Å². The molecule has 0 spiro atoms. The van der Waals surface area contributed by atoms with Crippen molar-refractivity contribution in [2.45, 2.75) is 26.1 Å². The van der Waals surface area contributed by atoms with Gasteiger partial charge in [0.2, 0.25) is 0 Å². The average molecular weight is 150 g/mol. The van der Waals surface area contributed by atoms with Crippen molar-refractivity contribution in [3.05, 3.63) is 0 Å². The molecule has 0 bridgehead atoms. The summed E-state index contributed by atoms with van der Waals surface area (Å²) in [5.74, 6) is 0. The van der Waals surface area contributed by atoms with Crippen LogP contribution < -0.4 is 11.2 Å². The van der Waals surface area contributed by atoms with E-state index in [-0.39, 0.29) is 19.2 Å². The molecule has 1 atom stereocenters. The summed E-state index contributed by atoms with van der Waals surface area (Å²) < 4.78 is 12.3. The summed E-state index contributed by atoms with van der Waals surface area (Å²) in [6.45, 7) is 3.86. The lowest BCUT2D eigenvalue weighted by atomic mass is 10.4. The summed E-state index contributed by atoms with van der Waals surface area (Å²) in [7, 11) is 0. The first-order chi connectivity index (χ1) is 4.66. The fraction of sp³-hybridized carbons (Fsp3) is 1.00. The predicted molar refractivity (Wildman–Crippen MR) is 38.2 cm³/mol. The highest BCUT2D eigenvalue weighted by atomic mass is 19.1. The van der Waals surface area contributed by atoms with Crippen LogP contribution in [-0.2, 0) is 4.84 Å². The highest BCUT2D eigenvalue weighted by Crippen LogP contribution is 1.87. The van der Waals surface area contributed by atoms with Gasteiger partial charge in [0.05, 0.1) is 0 Å². The van der Waals surface area contributed by atoms with Crippen molar-refractivity contribution in [2.75, 3.05) is 13.2 Å². The van der Waals surface area contributed by atoms with Crippen molar-refractivity contribution in [3.8, 4) is 0 Å². The van der Waals surface area contributed by atoms with E-state index in [2.05, 4.69) is 5.48 Å². The Balaban J connectivity index is 3.03. The molecule has 0 aliphatic heterocycles. The van der Waals surface area contributed by atoms with E-state index in [4.69, 9.17) is 10.6 Å². The Kier molecular flexibility index (Phi) is 5.48. The molecule has 3 N–H and O–H groups in total. The first-order valence-electron chi connectivity index (χ1n) is 3.38. The second kappa shape index (κ2) is 5.58. The predicted octanol–water partition coefficient (Wildman–Crippen LogP) is 0.213. The van der Waals surface area contributed by atoms with Crippen LogP contribution in [0.4, 0.5) is 4.39 Å². The van der Waals surface area contributed by atoms with Gasteiger partial charge in [0.1, 0.15) is 12.8 Å². The van der Waals surface area contributed by atoms with Crippen LogP contribution in [0.1, 0.15) is 13.8 Å². The summed E-state index contributed by atoms with van der Waals surface area (Å²) in [6.07, 6.45) is -1.06. The molecule has 0 aliphatic carbocycles. The van der Waals surface area contributed by atoms with Crippen LogP contribution in [0.15, 0.2) is 0 Å². The van der Waals surface area contributed by atoms with Crippen molar-refractivity contribution in [2.24, 2.45) is 5.73 Å². The van der Waals surface area contributed by atoms with Gasteiger partial charge < -0.3 is 5.73 Å². The smallest absolute Gasteiger partial charge is 0.137 e. The maximum absolute atomic E-state index is 12.3. The molecule has 1 unspecified atom stereocenters. The lowest BCUT2D eigenvalue weighted by Gasteiger charge is -2.09. The van der Waals surface area contributed by atoms with Gasteiger partial charge in [-0.25, -0.2) is 4.39 Å². The standard InChI is InChI=1S/C6H15FN2O/c1-5(2)9-10-4-6(7)3-8/h5-6,9H,3-4,8H2,1-2H3. The Morgan fingerprint density at radius 3 is 2.60 bits per heavy atom. The van der Waals surface area contributed by atoms with Gasteiger partial charge in [-0.15, -0.1) is 0 Å². The zero-order valence-electron chi connectivity index (χ0n) is 6.43. The molecule has 0 saturated carbocycles. The third-order valence-electron chi connectivity index (χ3n) is 0.839. The van der Waals surface area contributed by atoms with Gasteiger partial charge in [-0.3, -0.25) is 4.84 Å². The summed E-state index contributed by atoms with van der Waals surface area (Å²) in [5.41, 5.74) is 7.62. The third kappa shape index (κ3) is 5.94. The molecule has 0 rings (SSSR count). The molecule has 0 heterocycles. The van der Waals surface area contributed by atoms with Crippen molar-refractivity contribution in [3.63, 3.8) is 0 Å². The van der Waals surface area contributed by atoms with E-state index >= 15 is 0 Å². The van der Waals surface area contributed by atoms with Gasteiger partial charge in [-0.2, -0.15) is 5.48 Å². The Morgan fingerprint density at radius 2 is 2.20 bits per heavy atom. The van der Waals surface area contributed by atoms with Crippen LogP contribution in [-0.4, -0.2) is 25.4 Å². The van der Waals surface area contributed by atoms with E-state index in [1.54, 1.807) is 0 Å². The molecule has 0 aromatic carbocycles. The van der Waals surface area contributed by atoms with Gasteiger partial charge in [0.25, 0.3) is 0 Å². The fourth-order valence-electron chi connectivity index (χ4n) is 0.373. The maximum Gasteiger partial charge on any atom is 0.137 e. The molecule has 0 aliphatic rings. The van der Waals surface area contributed by atoms with Crippen LogP contribution >= 0.6 is 0 Å². The number of alkyl halides is 1. The molecule has 0 amide bonds. The van der Waals surface area contributed by atoms with Gasteiger partial charge in [-0.1, -0.05) is 0 Å². The summed E-state index contributed by atoms with van der Waals surface area (Å²) in [6, 6.07) is 0.213. The Hall–Kier alpha value is -0.190.